The van der Waals surface area contributed by atoms with Crippen LogP contribution in [0.2, 0.25) is 0 Å². The van der Waals surface area contributed by atoms with Gasteiger partial charge in [0.25, 0.3) is 0 Å². The number of rotatable bonds is 6. The van der Waals surface area contributed by atoms with E-state index in [1.54, 1.807) is 0 Å². The first-order valence-electron chi connectivity index (χ1n) is 7.24. The van der Waals surface area contributed by atoms with Gasteiger partial charge in [-0.25, -0.2) is 0 Å². The number of carbonyl (C=O) groups excluding carboxylic acids is 1. The van der Waals surface area contributed by atoms with Gasteiger partial charge in [0.05, 0.1) is 7.11 Å². The van der Waals surface area contributed by atoms with Crippen LogP contribution in [-0.2, 0) is 16.1 Å². The number of hydrogen-bond acceptors (Lipinski definition) is 4. The molecule has 122 valence electrons. The van der Waals surface area contributed by atoms with Crippen molar-refractivity contribution < 1.29 is 9.53 Å². The Morgan fingerprint density at radius 2 is 1.91 bits per heavy atom. The maximum absolute atomic E-state index is 12.3. The minimum absolute atomic E-state index is 0.239. The minimum Gasteiger partial charge on any atom is -0.468 e. The van der Waals surface area contributed by atoms with E-state index in [0.717, 1.165) is 21.5 Å². The van der Waals surface area contributed by atoms with Crippen LogP contribution in [0.1, 0.15) is 16.4 Å². The number of hydrogen-bond donors (Lipinski definition) is 0. The van der Waals surface area contributed by atoms with Crippen LogP contribution >= 0.6 is 27.7 Å². The van der Waals surface area contributed by atoms with Crippen molar-refractivity contribution in [3.05, 3.63) is 64.1 Å². The van der Waals surface area contributed by atoms with Crippen LogP contribution in [0, 0.1) is 0 Å². The van der Waals surface area contributed by atoms with Crippen molar-refractivity contribution in [1.29, 1.82) is 0 Å². The maximum Gasteiger partial charge on any atom is 0.323 e. The number of ether oxygens (including phenoxy) is 1. The Labute approximate surface area is 150 Å². The molecule has 0 saturated carbocycles. The molecule has 2 aromatic carbocycles. The van der Waals surface area contributed by atoms with Gasteiger partial charge in [-0.2, -0.15) is 0 Å². The average molecular weight is 394 g/mol. The third-order valence-electron chi connectivity index (χ3n) is 3.28. The minimum atomic E-state index is -0.378. The van der Waals surface area contributed by atoms with E-state index in [1.165, 1.54) is 24.4 Å². The van der Waals surface area contributed by atoms with Crippen molar-refractivity contribution in [3.8, 4) is 0 Å². The highest BCUT2D eigenvalue weighted by Gasteiger charge is 2.24. The fraction of sp³-hybridized carbons (Fsp3) is 0.278. The Hall–Kier alpha value is -1.30. The predicted octanol–water partition coefficient (Wildman–Crippen LogP) is 4.52. The summed E-state index contributed by atoms with van der Waals surface area (Å²) >= 11 is 5.05. The molecule has 0 aliphatic rings. The summed E-state index contributed by atoms with van der Waals surface area (Å²) in [5.74, 6) is -0.239. The first-order valence-corrected chi connectivity index (χ1v) is 8.91. The Kier molecular flexibility index (Phi) is 6.69. The first-order chi connectivity index (χ1) is 11.0. The highest BCUT2D eigenvalue weighted by Crippen LogP contribution is 2.39. The predicted molar refractivity (Wildman–Crippen MR) is 98.6 cm³/mol. The van der Waals surface area contributed by atoms with E-state index in [0.29, 0.717) is 0 Å². The van der Waals surface area contributed by atoms with Crippen LogP contribution < -0.4 is 0 Å². The summed E-state index contributed by atoms with van der Waals surface area (Å²) in [7, 11) is 5.50. The number of benzene rings is 2. The SMILES string of the molecule is COC(=O)[C@H](Sc1cc(Br)ccc1CN(C)C)c1ccccc1. The van der Waals surface area contributed by atoms with Crippen LogP contribution in [0.5, 0.6) is 0 Å². The zero-order valence-electron chi connectivity index (χ0n) is 13.5. The molecule has 0 N–H and O–H groups in total. The lowest BCUT2D eigenvalue weighted by Crippen LogP contribution is -2.13. The molecule has 23 heavy (non-hydrogen) atoms. The number of esters is 1. The van der Waals surface area contributed by atoms with Crippen LogP contribution in [-0.4, -0.2) is 32.1 Å². The van der Waals surface area contributed by atoms with Crippen molar-refractivity contribution in [1.82, 2.24) is 4.90 Å². The summed E-state index contributed by atoms with van der Waals surface area (Å²) in [6, 6.07) is 15.9. The highest BCUT2D eigenvalue weighted by atomic mass is 79.9. The third kappa shape index (κ3) is 5.09. The molecule has 0 bridgehead atoms. The molecule has 0 unspecified atom stereocenters. The molecule has 5 heteroatoms. The number of nitrogens with zero attached hydrogens (tertiary/aromatic N) is 1. The zero-order valence-corrected chi connectivity index (χ0v) is 15.9. The van der Waals surface area contributed by atoms with Gasteiger partial charge < -0.3 is 9.64 Å². The monoisotopic (exact) mass is 393 g/mol. The standard InChI is InChI=1S/C18H20BrNO2S/c1-20(2)12-14-9-10-15(19)11-16(14)23-17(18(21)22-3)13-7-5-4-6-8-13/h4-11,17H,12H2,1-3H3/t17-/m1/s1. The molecule has 0 amide bonds. The largest absolute Gasteiger partial charge is 0.468 e. The molecule has 0 radical (unpaired) electrons. The molecule has 2 rings (SSSR count). The molecule has 1 atom stereocenters. The molecular weight excluding hydrogens is 374 g/mol. The molecule has 0 saturated heterocycles. The van der Waals surface area contributed by atoms with E-state index in [2.05, 4.69) is 33.0 Å². The molecule has 0 aliphatic carbocycles. The molecular formula is C18H20BrNO2S. The summed E-state index contributed by atoms with van der Waals surface area (Å²) in [5, 5.41) is -0.378. The van der Waals surface area contributed by atoms with E-state index < -0.39 is 0 Å². The summed E-state index contributed by atoms with van der Waals surface area (Å²) in [4.78, 5) is 15.5. The normalized spacial score (nSPS) is 12.2. The van der Waals surface area contributed by atoms with Crippen molar-refractivity contribution in [2.24, 2.45) is 0 Å². The van der Waals surface area contributed by atoms with E-state index in [-0.39, 0.29) is 11.2 Å². The van der Waals surface area contributed by atoms with Crippen molar-refractivity contribution in [3.63, 3.8) is 0 Å². The van der Waals surface area contributed by atoms with Crippen molar-refractivity contribution in [2.45, 2.75) is 16.7 Å². The summed E-state index contributed by atoms with van der Waals surface area (Å²) in [5.41, 5.74) is 2.13. The second kappa shape index (κ2) is 8.52. The smallest absolute Gasteiger partial charge is 0.323 e. The van der Waals surface area contributed by atoms with E-state index in [4.69, 9.17) is 4.74 Å². The lowest BCUT2D eigenvalue weighted by atomic mass is 10.1. The molecule has 0 aliphatic heterocycles. The van der Waals surface area contributed by atoms with Gasteiger partial charge >= 0.3 is 5.97 Å². The summed E-state index contributed by atoms with van der Waals surface area (Å²) in [6.45, 7) is 0.818. The van der Waals surface area contributed by atoms with Gasteiger partial charge in [-0.1, -0.05) is 52.3 Å². The lowest BCUT2D eigenvalue weighted by Gasteiger charge is -2.19. The topological polar surface area (TPSA) is 29.5 Å². The van der Waals surface area contributed by atoms with E-state index >= 15 is 0 Å². The maximum atomic E-state index is 12.3. The van der Waals surface area contributed by atoms with Crippen LogP contribution in [0.4, 0.5) is 0 Å². The van der Waals surface area contributed by atoms with Crippen molar-refractivity contribution >= 4 is 33.7 Å². The second-order valence-corrected chi connectivity index (χ2v) is 7.48. The molecule has 3 nitrogen and oxygen atoms in total. The number of halogens is 1. The van der Waals surface area contributed by atoms with Crippen LogP contribution in [0.3, 0.4) is 0 Å². The van der Waals surface area contributed by atoms with Gasteiger partial charge in [0, 0.05) is 15.9 Å². The van der Waals surface area contributed by atoms with E-state index in [9.17, 15) is 4.79 Å². The molecule has 0 aromatic heterocycles. The molecule has 0 fully saturated rings. The summed E-state index contributed by atoms with van der Waals surface area (Å²) in [6.07, 6.45) is 0. The second-order valence-electron chi connectivity index (χ2n) is 5.42. The Balaban J connectivity index is 2.36. The molecule has 0 spiro atoms. The van der Waals surface area contributed by atoms with Gasteiger partial charge in [-0.05, 0) is 37.4 Å². The van der Waals surface area contributed by atoms with Gasteiger partial charge in [0.15, 0.2) is 0 Å². The Morgan fingerprint density at radius 1 is 1.22 bits per heavy atom. The fourth-order valence-corrected chi connectivity index (χ4v) is 3.95. The summed E-state index contributed by atoms with van der Waals surface area (Å²) < 4.78 is 6.01. The zero-order chi connectivity index (χ0) is 16.8. The lowest BCUT2D eigenvalue weighted by molar-refractivity contribution is -0.140. The number of methoxy groups -OCH3 is 1. The average Bonchev–Trinajstić information content (AvgIpc) is 2.54. The quantitative estimate of drug-likeness (QED) is 0.532. The van der Waals surface area contributed by atoms with Gasteiger partial charge in [0.1, 0.15) is 5.25 Å². The third-order valence-corrected chi connectivity index (χ3v) is 5.11. The Morgan fingerprint density at radius 3 is 2.52 bits per heavy atom. The van der Waals surface area contributed by atoms with Crippen LogP contribution in [0.15, 0.2) is 57.9 Å². The molecule has 0 heterocycles. The van der Waals surface area contributed by atoms with E-state index in [1.807, 2.05) is 50.5 Å². The number of carbonyl (C=O) groups is 1. The van der Waals surface area contributed by atoms with Gasteiger partial charge in [-0.3, -0.25) is 4.79 Å². The van der Waals surface area contributed by atoms with Gasteiger partial charge in [-0.15, -0.1) is 11.8 Å². The number of thioether (sulfide) groups is 1. The fourth-order valence-electron chi connectivity index (χ4n) is 2.22. The van der Waals surface area contributed by atoms with Crippen molar-refractivity contribution in [2.75, 3.05) is 21.2 Å². The highest BCUT2D eigenvalue weighted by molar-refractivity contribution is 9.10. The van der Waals surface area contributed by atoms with Gasteiger partial charge in [0.2, 0.25) is 0 Å². The first kappa shape index (κ1) is 18.0. The Bertz CT molecular complexity index is 661. The molecule has 2 aromatic rings. The van der Waals surface area contributed by atoms with Crippen LogP contribution in [0.25, 0.3) is 0 Å².